The van der Waals surface area contributed by atoms with Gasteiger partial charge in [-0.1, -0.05) is 53.7 Å². The molecule has 7 nitrogen and oxygen atoms in total. The van der Waals surface area contributed by atoms with Gasteiger partial charge in [0.1, 0.15) is 5.75 Å². The average Bonchev–Trinajstić information content (AvgIpc) is 2.77. The van der Waals surface area contributed by atoms with Crippen LogP contribution in [0, 0.1) is 13.8 Å². The molecule has 0 aliphatic carbocycles. The van der Waals surface area contributed by atoms with Crippen LogP contribution in [0.2, 0.25) is 0 Å². The summed E-state index contributed by atoms with van der Waals surface area (Å²) in [5, 5.41) is 31.8. The molecule has 36 heavy (non-hydrogen) atoms. The number of hydrogen-bond acceptors (Lipinski definition) is 5. The monoisotopic (exact) mass is 494 g/mol. The van der Waals surface area contributed by atoms with Crippen molar-refractivity contribution in [1.29, 1.82) is 0 Å². The second kappa shape index (κ2) is 9.52. The van der Waals surface area contributed by atoms with Crippen molar-refractivity contribution in [2.24, 2.45) is 0 Å². The van der Waals surface area contributed by atoms with Crippen molar-refractivity contribution in [1.82, 2.24) is 9.13 Å². The van der Waals surface area contributed by atoms with E-state index in [1.165, 1.54) is 12.1 Å². The van der Waals surface area contributed by atoms with Crippen molar-refractivity contribution in [3.8, 4) is 17.2 Å². The highest BCUT2D eigenvalue weighted by Crippen LogP contribution is 2.41. The zero-order valence-corrected chi connectivity index (χ0v) is 22.5. The number of phenols is 1. The van der Waals surface area contributed by atoms with Crippen LogP contribution in [0.1, 0.15) is 75.5 Å². The molecule has 2 heterocycles. The third kappa shape index (κ3) is 5.35. The Morgan fingerprint density at radius 1 is 0.694 bits per heavy atom. The number of benzene rings is 1. The van der Waals surface area contributed by atoms with E-state index >= 15 is 0 Å². The van der Waals surface area contributed by atoms with Crippen LogP contribution in [0.3, 0.4) is 0 Å². The molecule has 0 bridgehead atoms. The molecule has 0 saturated heterocycles. The minimum Gasteiger partial charge on any atom is -0.507 e. The highest BCUT2D eigenvalue weighted by molar-refractivity contribution is 5.50. The molecule has 0 saturated carbocycles. The number of rotatable bonds is 5. The smallest absolute Gasteiger partial charge is 0.223 e. The second-order valence-electron chi connectivity index (χ2n) is 11.7. The van der Waals surface area contributed by atoms with Gasteiger partial charge in [-0.3, -0.25) is 9.59 Å². The molecule has 3 N–H and O–H groups in total. The van der Waals surface area contributed by atoms with E-state index < -0.39 is 10.9 Å². The van der Waals surface area contributed by atoms with Crippen LogP contribution in [-0.2, 0) is 23.9 Å². The lowest BCUT2D eigenvalue weighted by Crippen LogP contribution is -2.23. The van der Waals surface area contributed by atoms with Gasteiger partial charge >= 0.3 is 0 Å². The highest BCUT2D eigenvalue weighted by atomic mass is 16.3. The van der Waals surface area contributed by atoms with E-state index in [-0.39, 0.29) is 34.0 Å². The van der Waals surface area contributed by atoms with Crippen molar-refractivity contribution in [3.05, 3.63) is 85.2 Å². The molecule has 7 heteroatoms. The lowest BCUT2D eigenvalue weighted by molar-refractivity contribution is 0.414. The van der Waals surface area contributed by atoms with E-state index in [2.05, 4.69) is 41.5 Å². The topological polar surface area (TPSA) is 105 Å². The molecular weight excluding hydrogens is 456 g/mol. The zero-order chi connectivity index (χ0) is 27.2. The van der Waals surface area contributed by atoms with Gasteiger partial charge in [0.25, 0.3) is 0 Å². The summed E-state index contributed by atoms with van der Waals surface area (Å²) in [5.74, 6) is -0.476. The minimum absolute atomic E-state index is 0.186. The van der Waals surface area contributed by atoms with Gasteiger partial charge < -0.3 is 24.5 Å². The second-order valence-corrected chi connectivity index (χ2v) is 11.7. The van der Waals surface area contributed by atoms with Crippen LogP contribution >= 0.6 is 0 Å². The number of hydrogen-bond donors (Lipinski definition) is 3. The van der Waals surface area contributed by atoms with Gasteiger partial charge in [-0.05, 0) is 41.4 Å². The number of pyridine rings is 2. The largest absolute Gasteiger partial charge is 0.507 e. The summed E-state index contributed by atoms with van der Waals surface area (Å²) in [7, 11) is 0. The number of nitrogens with zero attached hydrogens (tertiary/aromatic N) is 2. The van der Waals surface area contributed by atoms with E-state index in [9.17, 15) is 24.9 Å². The fourth-order valence-electron chi connectivity index (χ4n) is 4.50. The van der Waals surface area contributed by atoms with Crippen LogP contribution in [0.4, 0.5) is 0 Å². The quantitative estimate of drug-likeness (QED) is 0.472. The molecule has 2 aromatic heterocycles. The summed E-state index contributed by atoms with van der Waals surface area (Å²) in [4.78, 5) is 23.9. The molecule has 0 amide bonds. The summed E-state index contributed by atoms with van der Waals surface area (Å²) in [6.07, 6.45) is 3.33. The third-order valence-electron chi connectivity index (χ3n) is 6.88. The summed E-state index contributed by atoms with van der Waals surface area (Å²) in [5.41, 5.74) is 2.03. The van der Waals surface area contributed by atoms with Gasteiger partial charge in [0, 0.05) is 43.5 Å². The molecule has 0 aliphatic heterocycles. The molecule has 0 radical (unpaired) electrons. The lowest BCUT2D eigenvalue weighted by Gasteiger charge is -2.31. The first-order valence-electron chi connectivity index (χ1n) is 12.2. The first kappa shape index (κ1) is 27.1. The van der Waals surface area contributed by atoms with Crippen molar-refractivity contribution in [2.45, 2.75) is 85.2 Å². The summed E-state index contributed by atoms with van der Waals surface area (Å²) in [6.45, 7) is 16.6. The standard InChI is InChI=1S/C29H38N2O5/c1-17-25(34)23(32)9-11-30(17)15-20(16-31-12-10-24(33)26(35)18(31)2)19-13-21(28(3,4)5)27(36)22(14-19)29(6,7)8/h9-14,20,34-36H,15-16H2,1-8H3. The Morgan fingerprint density at radius 3 is 1.39 bits per heavy atom. The predicted octanol–water partition coefficient (Wildman–Crippen LogP) is 4.82. The maximum absolute atomic E-state index is 11.9. The third-order valence-corrected chi connectivity index (χ3v) is 6.88. The molecule has 0 atom stereocenters. The fourth-order valence-corrected chi connectivity index (χ4v) is 4.50. The Balaban J connectivity index is 2.26. The molecule has 3 aromatic rings. The lowest BCUT2D eigenvalue weighted by atomic mass is 9.77. The van der Waals surface area contributed by atoms with Gasteiger partial charge in [-0.2, -0.15) is 0 Å². The highest BCUT2D eigenvalue weighted by Gasteiger charge is 2.29. The summed E-state index contributed by atoms with van der Waals surface area (Å²) >= 11 is 0. The van der Waals surface area contributed by atoms with Crippen molar-refractivity contribution in [3.63, 3.8) is 0 Å². The van der Waals surface area contributed by atoms with Crippen LogP contribution in [0.5, 0.6) is 17.2 Å². The Hall–Kier alpha value is -3.48. The molecule has 0 spiro atoms. The van der Waals surface area contributed by atoms with Gasteiger partial charge in [-0.15, -0.1) is 0 Å². The molecule has 0 fully saturated rings. The van der Waals surface area contributed by atoms with Gasteiger partial charge in [0.15, 0.2) is 11.5 Å². The van der Waals surface area contributed by atoms with E-state index in [0.29, 0.717) is 24.5 Å². The number of phenolic OH excluding ortho intramolecular Hbond substituents is 1. The average molecular weight is 495 g/mol. The van der Waals surface area contributed by atoms with Gasteiger partial charge in [0.05, 0.1) is 11.4 Å². The maximum Gasteiger partial charge on any atom is 0.223 e. The first-order valence-corrected chi connectivity index (χ1v) is 12.2. The van der Waals surface area contributed by atoms with Crippen molar-refractivity contribution < 1.29 is 15.3 Å². The summed E-state index contributed by atoms with van der Waals surface area (Å²) < 4.78 is 3.67. The molecule has 3 rings (SSSR count). The Labute approximate surface area is 212 Å². The van der Waals surface area contributed by atoms with Gasteiger partial charge in [0.2, 0.25) is 10.9 Å². The van der Waals surface area contributed by atoms with Gasteiger partial charge in [-0.25, -0.2) is 0 Å². The molecule has 1 aromatic carbocycles. The Kier molecular flexibility index (Phi) is 7.17. The fraction of sp³-hybridized carbons (Fsp3) is 0.448. The molecular formula is C29H38N2O5. The van der Waals surface area contributed by atoms with E-state index in [4.69, 9.17) is 0 Å². The number of aromatic hydroxyl groups is 3. The van der Waals surface area contributed by atoms with E-state index in [0.717, 1.165) is 16.7 Å². The number of aromatic nitrogens is 2. The van der Waals surface area contributed by atoms with E-state index in [1.807, 2.05) is 21.3 Å². The summed E-state index contributed by atoms with van der Waals surface area (Å²) in [6, 6.07) is 6.72. The predicted molar refractivity (Wildman–Crippen MR) is 142 cm³/mol. The SMILES string of the molecule is Cc1c(O)c(=O)ccn1CC(Cn1ccc(=O)c(O)c1C)c1cc(C(C)(C)C)c(O)c(C(C)(C)C)c1. The Morgan fingerprint density at radius 2 is 1.06 bits per heavy atom. The zero-order valence-electron chi connectivity index (χ0n) is 22.5. The van der Waals surface area contributed by atoms with Crippen molar-refractivity contribution in [2.75, 3.05) is 0 Å². The molecule has 0 unspecified atom stereocenters. The Bertz CT molecular complexity index is 1300. The van der Waals surface area contributed by atoms with Crippen LogP contribution in [0.25, 0.3) is 0 Å². The molecule has 0 aliphatic rings. The van der Waals surface area contributed by atoms with Crippen LogP contribution < -0.4 is 10.9 Å². The maximum atomic E-state index is 11.9. The van der Waals surface area contributed by atoms with Crippen molar-refractivity contribution >= 4 is 0 Å². The minimum atomic E-state index is -0.434. The first-order chi connectivity index (χ1) is 16.5. The molecule has 194 valence electrons. The van der Waals surface area contributed by atoms with Crippen LogP contribution in [0.15, 0.2) is 46.2 Å². The van der Waals surface area contributed by atoms with E-state index in [1.54, 1.807) is 26.2 Å². The normalized spacial score (nSPS) is 12.4. The van der Waals surface area contributed by atoms with Crippen LogP contribution in [-0.4, -0.2) is 24.5 Å².